The van der Waals surface area contributed by atoms with Gasteiger partial charge in [-0.25, -0.2) is 0 Å². The van der Waals surface area contributed by atoms with Gasteiger partial charge in [-0.2, -0.15) is 5.01 Å². The van der Waals surface area contributed by atoms with Gasteiger partial charge in [0.2, 0.25) is 0 Å². The van der Waals surface area contributed by atoms with E-state index >= 15 is 0 Å². The van der Waals surface area contributed by atoms with Gasteiger partial charge >= 0.3 is 0 Å². The summed E-state index contributed by atoms with van der Waals surface area (Å²) in [5.41, 5.74) is 0. The van der Waals surface area contributed by atoms with Crippen LogP contribution in [0.25, 0.3) is 0 Å². The summed E-state index contributed by atoms with van der Waals surface area (Å²) >= 11 is 0. The molecule has 0 amide bonds. The number of nitrogens with zero attached hydrogens (tertiary/aromatic N) is 2. The Labute approximate surface area is 62.2 Å². The summed E-state index contributed by atoms with van der Waals surface area (Å²) in [7, 11) is 3.70. The van der Waals surface area contributed by atoms with E-state index in [9.17, 15) is 0 Å². The molecular formula is C6H16N2O2. The summed E-state index contributed by atoms with van der Waals surface area (Å²) in [6.45, 7) is 5.04. The Kier molecular flexibility index (Phi) is 5.52. The molecular weight excluding hydrogens is 132 g/mol. The largest absolute Gasteiger partial charge is 0.260 e. The molecule has 4 nitrogen and oxygen atoms in total. The van der Waals surface area contributed by atoms with Gasteiger partial charge in [0, 0.05) is 19.4 Å². The van der Waals surface area contributed by atoms with Crippen LogP contribution < -0.4 is 0 Å². The second-order valence-electron chi connectivity index (χ2n) is 1.92. The molecule has 0 atom stereocenters. The molecule has 0 aromatic rings. The third kappa shape index (κ3) is 3.79. The van der Waals surface area contributed by atoms with Crippen LogP contribution in [-0.4, -0.2) is 37.7 Å². The maximum absolute atomic E-state index is 5.08. The highest BCUT2D eigenvalue weighted by Crippen LogP contribution is 1.93. The molecule has 62 valence electrons. The fourth-order valence-electron chi connectivity index (χ4n) is 0.489. The van der Waals surface area contributed by atoms with Gasteiger partial charge < -0.3 is 0 Å². The van der Waals surface area contributed by atoms with E-state index in [0.29, 0.717) is 13.2 Å². The van der Waals surface area contributed by atoms with Crippen molar-refractivity contribution >= 4 is 0 Å². The zero-order valence-corrected chi connectivity index (χ0v) is 7.13. The first-order valence-corrected chi connectivity index (χ1v) is 3.45. The molecule has 0 spiro atoms. The Balaban J connectivity index is 3.50. The monoisotopic (exact) mass is 148 g/mol. The molecule has 10 heavy (non-hydrogen) atoms. The van der Waals surface area contributed by atoms with Crippen molar-refractivity contribution in [1.29, 1.82) is 0 Å². The first kappa shape index (κ1) is 9.84. The van der Waals surface area contributed by atoms with E-state index in [0.717, 1.165) is 0 Å². The van der Waals surface area contributed by atoms with Crippen molar-refractivity contribution < 1.29 is 9.68 Å². The van der Waals surface area contributed by atoms with E-state index in [2.05, 4.69) is 0 Å². The first-order chi connectivity index (χ1) is 4.72. The van der Waals surface area contributed by atoms with Crippen LogP contribution in [0.15, 0.2) is 0 Å². The fraction of sp³-hybridized carbons (Fsp3) is 1.00. The summed E-state index contributed by atoms with van der Waals surface area (Å²) in [5.74, 6) is 0. The third-order valence-electron chi connectivity index (χ3n) is 0.806. The highest BCUT2D eigenvalue weighted by molar-refractivity contribution is 4.15. The molecule has 0 aromatic heterocycles. The molecule has 0 aromatic carbocycles. The van der Waals surface area contributed by atoms with Gasteiger partial charge in [-0.15, -0.1) is 0 Å². The van der Waals surface area contributed by atoms with Crippen LogP contribution in [0.1, 0.15) is 13.8 Å². The zero-order valence-electron chi connectivity index (χ0n) is 7.13. The van der Waals surface area contributed by atoms with Crippen molar-refractivity contribution in [2.75, 3.05) is 27.3 Å². The zero-order chi connectivity index (χ0) is 7.98. The van der Waals surface area contributed by atoms with E-state index in [1.807, 2.05) is 27.9 Å². The van der Waals surface area contributed by atoms with Crippen LogP contribution in [0.3, 0.4) is 0 Å². The maximum atomic E-state index is 5.08. The van der Waals surface area contributed by atoms with Gasteiger partial charge in [0.1, 0.15) is 0 Å². The average Bonchev–Trinajstić information content (AvgIpc) is 1.87. The smallest absolute Gasteiger partial charge is 0.0698 e. The van der Waals surface area contributed by atoms with E-state index in [1.165, 1.54) is 5.34 Å². The summed E-state index contributed by atoms with van der Waals surface area (Å²) in [6, 6.07) is 0. The molecule has 0 aliphatic rings. The SMILES string of the molecule is CCON(OCC)N(C)C. The Morgan fingerprint density at radius 1 is 1.00 bits per heavy atom. The van der Waals surface area contributed by atoms with Crippen LogP contribution in [0.2, 0.25) is 0 Å². The van der Waals surface area contributed by atoms with Gasteiger partial charge in [0.15, 0.2) is 0 Å². The summed E-state index contributed by atoms with van der Waals surface area (Å²) in [5, 5.41) is 3.09. The molecule has 0 saturated carbocycles. The highest BCUT2D eigenvalue weighted by atomic mass is 17.0. The molecule has 0 N–H and O–H groups in total. The van der Waals surface area contributed by atoms with Crippen LogP contribution in [0, 0.1) is 0 Å². The molecule has 0 radical (unpaired) electrons. The molecule has 0 heterocycles. The summed E-state index contributed by atoms with van der Waals surface area (Å²) in [6.07, 6.45) is 0. The van der Waals surface area contributed by atoms with Crippen molar-refractivity contribution in [2.45, 2.75) is 13.8 Å². The fourth-order valence-corrected chi connectivity index (χ4v) is 0.489. The van der Waals surface area contributed by atoms with Crippen molar-refractivity contribution in [2.24, 2.45) is 0 Å². The molecule has 0 unspecified atom stereocenters. The van der Waals surface area contributed by atoms with Crippen molar-refractivity contribution in [3.8, 4) is 0 Å². The Morgan fingerprint density at radius 3 is 1.60 bits per heavy atom. The Bertz CT molecular complexity index is 72.1. The topological polar surface area (TPSA) is 24.9 Å². The lowest BCUT2D eigenvalue weighted by molar-refractivity contribution is -0.448. The van der Waals surface area contributed by atoms with Crippen LogP contribution >= 0.6 is 0 Å². The number of hydrazine groups is 1. The molecule has 0 bridgehead atoms. The van der Waals surface area contributed by atoms with E-state index in [4.69, 9.17) is 9.68 Å². The average molecular weight is 148 g/mol. The van der Waals surface area contributed by atoms with Crippen molar-refractivity contribution in [3.05, 3.63) is 0 Å². The van der Waals surface area contributed by atoms with Crippen LogP contribution in [0.4, 0.5) is 0 Å². The minimum atomic E-state index is 0.609. The highest BCUT2D eigenvalue weighted by Gasteiger charge is 2.04. The maximum Gasteiger partial charge on any atom is 0.0698 e. The predicted molar refractivity (Wildman–Crippen MR) is 38.8 cm³/mol. The second-order valence-corrected chi connectivity index (χ2v) is 1.92. The lowest BCUT2D eigenvalue weighted by atomic mass is 10.9. The van der Waals surface area contributed by atoms with Crippen LogP contribution in [0.5, 0.6) is 0 Å². The van der Waals surface area contributed by atoms with E-state index < -0.39 is 0 Å². The lowest BCUT2D eigenvalue weighted by Crippen LogP contribution is -2.36. The normalized spacial score (nSPS) is 11.4. The molecule has 0 saturated heterocycles. The van der Waals surface area contributed by atoms with E-state index in [1.54, 1.807) is 5.01 Å². The number of hydrogen-bond acceptors (Lipinski definition) is 4. The molecule has 0 aliphatic heterocycles. The van der Waals surface area contributed by atoms with Crippen molar-refractivity contribution in [3.63, 3.8) is 0 Å². The van der Waals surface area contributed by atoms with Gasteiger partial charge in [-0.1, -0.05) is 0 Å². The second kappa shape index (κ2) is 5.61. The van der Waals surface area contributed by atoms with Gasteiger partial charge in [-0.05, 0) is 13.8 Å². The lowest BCUT2D eigenvalue weighted by Gasteiger charge is -2.24. The third-order valence-corrected chi connectivity index (χ3v) is 0.806. The predicted octanol–water partition coefficient (Wildman–Crippen LogP) is 0.668. The molecule has 0 fully saturated rings. The number of rotatable bonds is 5. The summed E-state index contributed by atoms with van der Waals surface area (Å²) in [4.78, 5) is 10.2. The van der Waals surface area contributed by atoms with Crippen LogP contribution in [-0.2, 0) is 9.68 Å². The standard InChI is InChI=1S/C6H16N2O2/c1-5-9-8(7(3)4)10-6-2/h5-6H2,1-4H3. The number of hydrogen-bond donors (Lipinski definition) is 0. The van der Waals surface area contributed by atoms with Crippen molar-refractivity contribution in [1.82, 2.24) is 10.3 Å². The molecule has 0 rings (SSSR count). The minimum Gasteiger partial charge on any atom is -0.260 e. The minimum absolute atomic E-state index is 0.609. The molecule has 4 heteroatoms. The Hall–Kier alpha value is -0.160. The quantitative estimate of drug-likeness (QED) is 0.535. The Morgan fingerprint density at radius 2 is 1.40 bits per heavy atom. The summed E-state index contributed by atoms with van der Waals surface area (Å²) < 4.78 is 0. The van der Waals surface area contributed by atoms with Gasteiger partial charge in [0.05, 0.1) is 13.2 Å². The van der Waals surface area contributed by atoms with E-state index in [-0.39, 0.29) is 0 Å². The van der Waals surface area contributed by atoms with Gasteiger partial charge in [0.25, 0.3) is 0 Å². The first-order valence-electron chi connectivity index (χ1n) is 3.45. The molecule has 0 aliphatic carbocycles. The van der Waals surface area contributed by atoms with Gasteiger partial charge in [-0.3, -0.25) is 9.68 Å².